The minimum absolute atomic E-state index is 0.0178. The van der Waals surface area contributed by atoms with Gasteiger partial charge in [-0.25, -0.2) is 0 Å². The van der Waals surface area contributed by atoms with E-state index in [-0.39, 0.29) is 17.8 Å². The lowest BCUT2D eigenvalue weighted by atomic mass is 9.97. The predicted molar refractivity (Wildman–Crippen MR) is 106 cm³/mol. The first-order valence-electron chi connectivity index (χ1n) is 9.14. The van der Waals surface area contributed by atoms with Gasteiger partial charge in [-0.1, -0.05) is 36.4 Å². The van der Waals surface area contributed by atoms with Crippen LogP contribution in [0.2, 0.25) is 0 Å². The van der Waals surface area contributed by atoms with Crippen molar-refractivity contribution in [2.24, 2.45) is 0 Å². The fourth-order valence-electron chi connectivity index (χ4n) is 4.08. The van der Waals surface area contributed by atoms with E-state index >= 15 is 0 Å². The molecule has 1 aliphatic heterocycles. The third-order valence-electron chi connectivity index (χ3n) is 5.60. The molecule has 0 saturated carbocycles. The minimum atomic E-state index is 0.0178. The molecule has 1 atom stereocenters. The van der Waals surface area contributed by atoms with E-state index in [9.17, 15) is 4.79 Å². The molecule has 3 aromatic rings. The fourth-order valence-corrected chi connectivity index (χ4v) is 4.23. The maximum absolute atomic E-state index is 12.6. The highest BCUT2D eigenvalue weighted by atomic mass is 35.5. The van der Waals surface area contributed by atoms with Gasteiger partial charge in [-0.3, -0.25) is 4.79 Å². The molecule has 0 N–H and O–H groups in total. The van der Waals surface area contributed by atoms with Gasteiger partial charge in [-0.05, 0) is 47.4 Å². The van der Waals surface area contributed by atoms with E-state index in [1.54, 1.807) is 0 Å². The topological polar surface area (TPSA) is 25.2 Å². The highest BCUT2D eigenvalue weighted by Gasteiger charge is 2.27. The Bertz CT molecular complexity index is 946. The monoisotopic (exact) mass is 366 g/mol. The van der Waals surface area contributed by atoms with Crippen LogP contribution < -0.4 is 0 Å². The van der Waals surface area contributed by atoms with Crippen LogP contribution in [0.1, 0.15) is 23.2 Å². The summed E-state index contributed by atoms with van der Waals surface area (Å²) in [6.07, 6.45) is 3.98. The van der Waals surface area contributed by atoms with E-state index in [0.29, 0.717) is 6.54 Å². The summed E-state index contributed by atoms with van der Waals surface area (Å²) in [6, 6.07) is 17.1. The molecule has 1 unspecified atom stereocenters. The van der Waals surface area contributed by atoms with E-state index in [1.165, 1.54) is 27.6 Å². The number of hydrogen-bond donors (Lipinski definition) is 0. The summed E-state index contributed by atoms with van der Waals surface area (Å²) in [6.45, 7) is 3.72. The number of halogens is 1. The predicted octanol–water partition coefficient (Wildman–Crippen LogP) is 4.53. The number of alkyl halides is 1. The third kappa shape index (κ3) is 3.12. The molecular formula is C22H23ClN2O. The Labute approximate surface area is 159 Å². The molecule has 26 heavy (non-hydrogen) atoms. The molecule has 3 nitrogen and oxygen atoms in total. The van der Waals surface area contributed by atoms with Crippen molar-refractivity contribution in [2.75, 3.05) is 5.88 Å². The van der Waals surface area contributed by atoms with Crippen LogP contribution in [-0.2, 0) is 24.3 Å². The number of fused-ring (bicyclic) bond motifs is 2. The summed E-state index contributed by atoms with van der Waals surface area (Å²) in [7, 11) is 0. The number of amides is 1. The summed E-state index contributed by atoms with van der Waals surface area (Å²) in [5.74, 6) is 0.0497. The van der Waals surface area contributed by atoms with Crippen molar-refractivity contribution in [1.29, 1.82) is 0 Å². The minimum Gasteiger partial charge on any atom is -0.351 e. The number of rotatable bonds is 4. The fraction of sp³-hybridized carbons (Fsp3) is 0.318. The number of aromatic nitrogens is 1. The van der Waals surface area contributed by atoms with Crippen LogP contribution >= 0.6 is 11.6 Å². The third-order valence-corrected chi connectivity index (χ3v) is 5.83. The van der Waals surface area contributed by atoms with Gasteiger partial charge in [-0.15, -0.1) is 11.6 Å². The second kappa shape index (κ2) is 7.16. The van der Waals surface area contributed by atoms with Crippen molar-refractivity contribution in [3.8, 4) is 0 Å². The quantitative estimate of drug-likeness (QED) is 0.622. The Morgan fingerprint density at radius 3 is 2.88 bits per heavy atom. The standard InChI is InChI=1S/C22H23ClN2O/c1-16-18(9-8-17-5-2-3-7-21(16)17)15-25(22(26)14-23)20-10-12-24-11-4-6-19(24)13-20/h2-9,11,20H,10,12-15H2,1H3. The lowest BCUT2D eigenvalue weighted by Gasteiger charge is -2.35. The van der Waals surface area contributed by atoms with E-state index < -0.39 is 0 Å². The summed E-state index contributed by atoms with van der Waals surface area (Å²) in [4.78, 5) is 14.6. The zero-order chi connectivity index (χ0) is 18.1. The molecule has 0 bridgehead atoms. The van der Waals surface area contributed by atoms with Crippen molar-refractivity contribution in [3.63, 3.8) is 0 Å². The van der Waals surface area contributed by atoms with Crippen molar-refractivity contribution in [2.45, 2.75) is 38.9 Å². The SMILES string of the molecule is Cc1c(CN(C(=O)CCl)C2CCn3cccc3C2)ccc2ccccc12. The van der Waals surface area contributed by atoms with Gasteiger partial charge in [-0.2, -0.15) is 0 Å². The number of hydrogen-bond acceptors (Lipinski definition) is 1. The van der Waals surface area contributed by atoms with Gasteiger partial charge in [0.25, 0.3) is 0 Å². The summed E-state index contributed by atoms with van der Waals surface area (Å²) in [5, 5.41) is 2.49. The zero-order valence-electron chi connectivity index (χ0n) is 15.0. The van der Waals surface area contributed by atoms with E-state index in [1.807, 2.05) is 4.90 Å². The molecule has 4 rings (SSSR count). The maximum Gasteiger partial charge on any atom is 0.238 e. The first-order valence-corrected chi connectivity index (χ1v) is 9.67. The van der Waals surface area contributed by atoms with Gasteiger partial charge in [0.15, 0.2) is 0 Å². The lowest BCUT2D eigenvalue weighted by Crippen LogP contribution is -2.44. The van der Waals surface area contributed by atoms with Gasteiger partial charge >= 0.3 is 0 Å². The van der Waals surface area contributed by atoms with Crippen LogP contribution in [0.5, 0.6) is 0 Å². The Morgan fingerprint density at radius 2 is 2.04 bits per heavy atom. The van der Waals surface area contributed by atoms with Gasteiger partial charge < -0.3 is 9.47 Å². The molecular weight excluding hydrogens is 344 g/mol. The van der Waals surface area contributed by atoms with Crippen LogP contribution in [0, 0.1) is 6.92 Å². The Hall–Kier alpha value is -2.26. The van der Waals surface area contributed by atoms with Gasteiger partial charge in [0.05, 0.1) is 0 Å². The van der Waals surface area contributed by atoms with Gasteiger partial charge in [0.1, 0.15) is 5.88 Å². The second-order valence-corrected chi connectivity index (χ2v) is 7.33. The van der Waals surface area contributed by atoms with Crippen molar-refractivity contribution < 1.29 is 4.79 Å². The Balaban J connectivity index is 1.64. The highest BCUT2D eigenvalue weighted by Crippen LogP contribution is 2.26. The molecule has 0 radical (unpaired) electrons. The largest absolute Gasteiger partial charge is 0.351 e. The van der Waals surface area contributed by atoms with Crippen molar-refractivity contribution >= 4 is 28.3 Å². The maximum atomic E-state index is 12.6. The first kappa shape index (κ1) is 17.2. The van der Waals surface area contributed by atoms with Gasteiger partial charge in [0, 0.05) is 37.4 Å². The summed E-state index contributed by atoms with van der Waals surface area (Å²) in [5.41, 5.74) is 3.74. The zero-order valence-corrected chi connectivity index (χ0v) is 15.7. The molecule has 4 heteroatoms. The van der Waals surface area contributed by atoms with E-state index in [0.717, 1.165) is 19.4 Å². The average Bonchev–Trinajstić information content (AvgIpc) is 3.15. The molecule has 2 aromatic carbocycles. The van der Waals surface area contributed by atoms with Crippen LogP contribution in [0.4, 0.5) is 0 Å². The molecule has 0 aliphatic carbocycles. The average molecular weight is 367 g/mol. The van der Waals surface area contributed by atoms with Crippen LogP contribution in [-0.4, -0.2) is 27.3 Å². The van der Waals surface area contributed by atoms with Crippen molar-refractivity contribution in [3.05, 3.63) is 71.5 Å². The molecule has 0 fully saturated rings. The van der Waals surface area contributed by atoms with Crippen LogP contribution in [0.25, 0.3) is 10.8 Å². The number of carbonyl (C=O) groups is 1. The number of nitrogens with zero attached hydrogens (tertiary/aromatic N) is 2. The number of aryl methyl sites for hydroxylation is 2. The molecule has 2 heterocycles. The Morgan fingerprint density at radius 1 is 1.19 bits per heavy atom. The van der Waals surface area contributed by atoms with Crippen LogP contribution in [0.15, 0.2) is 54.7 Å². The highest BCUT2D eigenvalue weighted by molar-refractivity contribution is 6.27. The Kier molecular flexibility index (Phi) is 4.73. The molecule has 0 spiro atoms. The molecule has 1 aliphatic rings. The normalized spacial score (nSPS) is 16.5. The number of benzene rings is 2. The van der Waals surface area contributed by atoms with E-state index in [4.69, 9.17) is 11.6 Å². The van der Waals surface area contributed by atoms with Crippen molar-refractivity contribution in [1.82, 2.24) is 9.47 Å². The van der Waals surface area contributed by atoms with Gasteiger partial charge in [0.2, 0.25) is 5.91 Å². The first-order chi connectivity index (χ1) is 12.7. The summed E-state index contributed by atoms with van der Waals surface area (Å²) < 4.78 is 2.28. The smallest absolute Gasteiger partial charge is 0.238 e. The molecule has 1 aromatic heterocycles. The molecule has 134 valence electrons. The second-order valence-electron chi connectivity index (χ2n) is 7.07. The number of carbonyl (C=O) groups excluding carboxylic acids is 1. The lowest BCUT2D eigenvalue weighted by molar-refractivity contribution is -0.131. The van der Waals surface area contributed by atoms with E-state index in [2.05, 4.69) is 66.2 Å². The molecule has 0 saturated heterocycles. The molecule has 1 amide bonds. The van der Waals surface area contributed by atoms with Crippen LogP contribution in [0.3, 0.4) is 0 Å². The summed E-state index contributed by atoms with van der Waals surface area (Å²) >= 11 is 5.95.